The molecule has 0 saturated heterocycles. The first-order valence-corrected chi connectivity index (χ1v) is 6.57. The van der Waals surface area contributed by atoms with Gasteiger partial charge in [-0.15, -0.1) is 5.10 Å². The molecule has 0 saturated carbocycles. The van der Waals surface area contributed by atoms with E-state index < -0.39 is 0 Å². The van der Waals surface area contributed by atoms with Crippen LogP contribution in [0.25, 0.3) is 5.69 Å². The lowest BCUT2D eigenvalue weighted by atomic mass is 10.1. The topological polar surface area (TPSA) is 55.9 Å². The summed E-state index contributed by atoms with van der Waals surface area (Å²) in [5, 5.41) is 11.4. The molecule has 1 aromatic carbocycles. The maximum atomic E-state index is 5.38. The molecule has 3 aromatic rings. The highest BCUT2D eigenvalue weighted by Gasteiger charge is 2.09. The third kappa shape index (κ3) is 2.71. The third-order valence-corrected chi connectivity index (χ3v) is 3.06. The zero-order valence-electron chi connectivity index (χ0n) is 11.2. The highest BCUT2D eigenvalue weighted by atomic mass is 16.3. The molecule has 0 aliphatic rings. The maximum Gasteiger partial charge on any atom is 0.105 e. The Morgan fingerprint density at radius 1 is 1.25 bits per heavy atom. The standard InChI is InChI=1S/C15H16N4O/c1-12(11-13-5-4-10-20-13)17-14-6-2-3-7-15(14)19-9-8-16-18-19/h2-10,12,17H,11H2,1H3. The van der Waals surface area contributed by atoms with Gasteiger partial charge in [-0.3, -0.25) is 0 Å². The van der Waals surface area contributed by atoms with Gasteiger partial charge < -0.3 is 9.73 Å². The van der Waals surface area contributed by atoms with Gasteiger partial charge in [0.15, 0.2) is 0 Å². The number of aromatic nitrogens is 3. The van der Waals surface area contributed by atoms with Crippen LogP contribution < -0.4 is 5.32 Å². The number of nitrogens with one attached hydrogen (secondary N) is 1. The first kappa shape index (κ1) is 12.5. The lowest BCUT2D eigenvalue weighted by molar-refractivity contribution is 0.497. The van der Waals surface area contributed by atoms with E-state index in [4.69, 9.17) is 4.42 Å². The molecule has 3 rings (SSSR count). The van der Waals surface area contributed by atoms with Gasteiger partial charge in [-0.1, -0.05) is 17.3 Å². The van der Waals surface area contributed by atoms with Gasteiger partial charge in [-0.2, -0.15) is 0 Å². The molecular formula is C15H16N4O. The Morgan fingerprint density at radius 2 is 2.15 bits per heavy atom. The van der Waals surface area contributed by atoms with Crippen molar-refractivity contribution in [2.75, 3.05) is 5.32 Å². The number of para-hydroxylation sites is 2. The molecule has 1 N–H and O–H groups in total. The second kappa shape index (κ2) is 5.61. The van der Waals surface area contributed by atoms with Crippen molar-refractivity contribution in [2.24, 2.45) is 0 Å². The van der Waals surface area contributed by atoms with Gasteiger partial charge in [0, 0.05) is 12.5 Å². The predicted octanol–water partition coefficient (Wildman–Crippen LogP) is 2.90. The number of anilines is 1. The van der Waals surface area contributed by atoms with Crippen LogP contribution in [0.2, 0.25) is 0 Å². The van der Waals surface area contributed by atoms with E-state index in [1.54, 1.807) is 17.1 Å². The van der Waals surface area contributed by atoms with E-state index in [2.05, 4.69) is 22.6 Å². The molecule has 2 aromatic heterocycles. The van der Waals surface area contributed by atoms with Crippen LogP contribution in [-0.2, 0) is 6.42 Å². The summed E-state index contributed by atoms with van der Waals surface area (Å²) < 4.78 is 7.13. The molecular weight excluding hydrogens is 252 g/mol. The number of benzene rings is 1. The number of nitrogens with zero attached hydrogens (tertiary/aromatic N) is 3. The van der Waals surface area contributed by atoms with Crippen LogP contribution in [-0.4, -0.2) is 21.0 Å². The van der Waals surface area contributed by atoms with E-state index in [9.17, 15) is 0 Å². The minimum Gasteiger partial charge on any atom is -0.469 e. The summed E-state index contributed by atoms with van der Waals surface area (Å²) in [6, 6.07) is 12.2. The summed E-state index contributed by atoms with van der Waals surface area (Å²) in [5.41, 5.74) is 2.01. The van der Waals surface area contributed by atoms with E-state index in [-0.39, 0.29) is 6.04 Å². The smallest absolute Gasteiger partial charge is 0.105 e. The van der Waals surface area contributed by atoms with Crippen molar-refractivity contribution < 1.29 is 4.42 Å². The second-order valence-electron chi connectivity index (χ2n) is 4.69. The van der Waals surface area contributed by atoms with E-state index in [0.29, 0.717) is 0 Å². The van der Waals surface area contributed by atoms with Crippen LogP contribution in [0.15, 0.2) is 59.5 Å². The summed E-state index contributed by atoms with van der Waals surface area (Å²) in [6.45, 7) is 2.13. The highest BCUT2D eigenvalue weighted by Crippen LogP contribution is 2.20. The monoisotopic (exact) mass is 268 g/mol. The molecule has 0 spiro atoms. The summed E-state index contributed by atoms with van der Waals surface area (Å²) in [4.78, 5) is 0. The Labute approximate surface area is 117 Å². The summed E-state index contributed by atoms with van der Waals surface area (Å²) in [7, 11) is 0. The molecule has 1 unspecified atom stereocenters. The molecule has 0 radical (unpaired) electrons. The largest absolute Gasteiger partial charge is 0.469 e. The van der Waals surface area contributed by atoms with Crippen molar-refractivity contribution in [1.29, 1.82) is 0 Å². The SMILES string of the molecule is CC(Cc1ccco1)Nc1ccccc1-n1ccnn1. The highest BCUT2D eigenvalue weighted by molar-refractivity contribution is 5.60. The fourth-order valence-corrected chi connectivity index (χ4v) is 2.18. The van der Waals surface area contributed by atoms with Crippen molar-refractivity contribution in [3.05, 3.63) is 60.8 Å². The molecule has 1 atom stereocenters. The predicted molar refractivity (Wildman–Crippen MR) is 76.9 cm³/mol. The van der Waals surface area contributed by atoms with Crippen LogP contribution in [0.5, 0.6) is 0 Å². The molecule has 0 aliphatic carbocycles. The van der Waals surface area contributed by atoms with Gasteiger partial charge in [0.2, 0.25) is 0 Å². The average Bonchev–Trinajstić information content (AvgIpc) is 3.11. The number of hydrogen-bond donors (Lipinski definition) is 1. The van der Waals surface area contributed by atoms with Crippen molar-refractivity contribution in [3.63, 3.8) is 0 Å². The zero-order chi connectivity index (χ0) is 13.8. The number of rotatable bonds is 5. The first-order chi connectivity index (χ1) is 9.83. The van der Waals surface area contributed by atoms with Gasteiger partial charge in [0.1, 0.15) is 5.76 Å². The minimum absolute atomic E-state index is 0.255. The zero-order valence-corrected chi connectivity index (χ0v) is 11.2. The van der Waals surface area contributed by atoms with Crippen molar-refractivity contribution in [3.8, 4) is 5.69 Å². The Bertz CT molecular complexity index is 646. The van der Waals surface area contributed by atoms with Crippen LogP contribution in [0.1, 0.15) is 12.7 Å². The van der Waals surface area contributed by atoms with E-state index >= 15 is 0 Å². The molecule has 5 nitrogen and oxygen atoms in total. The van der Waals surface area contributed by atoms with Crippen LogP contribution in [0.4, 0.5) is 5.69 Å². The van der Waals surface area contributed by atoms with E-state index in [0.717, 1.165) is 23.6 Å². The van der Waals surface area contributed by atoms with Crippen LogP contribution >= 0.6 is 0 Å². The lowest BCUT2D eigenvalue weighted by Gasteiger charge is -2.17. The molecule has 0 fully saturated rings. The van der Waals surface area contributed by atoms with Crippen molar-refractivity contribution >= 4 is 5.69 Å². The van der Waals surface area contributed by atoms with Crippen LogP contribution in [0, 0.1) is 0 Å². The van der Waals surface area contributed by atoms with Crippen molar-refractivity contribution in [1.82, 2.24) is 15.0 Å². The van der Waals surface area contributed by atoms with E-state index in [1.165, 1.54) is 0 Å². The second-order valence-corrected chi connectivity index (χ2v) is 4.69. The Morgan fingerprint density at radius 3 is 2.90 bits per heavy atom. The quantitative estimate of drug-likeness (QED) is 0.773. The minimum atomic E-state index is 0.255. The normalized spacial score (nSPS) is 12.2. The fourth-order valence-electron chi connectivity index (χ4n) is 2.18. The Balaban J connectivity index is 1.77. The molecule has 0 aliphatic heterocycles. The molecule has 0 bridgehead atoms. The van der Waals surface area contributed by atoms with Gasteiger partial charge in [-0.25, -0.2) is 4.68 Å². The van der Waals surface area contributed by atoms with Crippen LogP contribution in [0.3, 0.4) is 0 Å². The van der Waals surface area contributed by atoms with E-state index in [1.807, 2.05) is 42.6 Å². The summed E-state index contributed by atoms with van der Waals surface area (Å²) in [5.74, 6) is 0.975. The molecule has 102 valence electrons. The third-order valence-electron chi connectivity index (χ3n) is 3.06. The molecule has 0 amide bonds. The summed E-state index contributed by atoms with van der Waals surface area (Å²) >= 11 is 0. The summed E-state index contributed by atoms with van der Waals surface area (Å²) in [6.07, 6.45) is 6.03. The average molecular weight is 268 g/mol. The number of hydrogen-bond acceptors (Lipinski definition) is 4. The molecule has 2 heterocycles. The van der Waals surface area contributed by atoms with Crippen molar-refractivity contribution in [2.45, 2.75) is 19.4 Å². The Hall–Kier alpha value is -2.56. The van der Waals surface area contributed by atoms with Gasteiger partial charge >= 0.3 is 0 Å². The van der Waals surface area contributed by atoms with Gasteiger partial charge in [0.05, 0.1) is 30.0 Å². The lowest BCUT2D eigenvalue weighted by Crippen LogP contribution is -2.19. The van der Waals surface area contributed by atoms with Gasteiger partial charge in [0.25, 0.3) is 0 Å². The first-order valence-electron chi connectivity index (χ1n) is 6.57. The Kier molecular flexibility index (Phi) is 3.50. The fraction of sp³-hybridized carbons (Fsp3) is 0.200. The maximum absolute atomic E-state index is 5.38. The van der Waals surface area contributed by atoms with Gasteiger partial charge in [-0.05, 0) is 31.2 Å². The molecule has 5 heteroatoms. The molecule has 20 heavy (non-hydrogen) atoms. The number of furan rings is 1.